The van der Waals surface area contributed by atoms with Crippen LogP contribution in [0.1, 0.15) is 6.42 Å². The Morgan fingerprint density at radius 1 is 1.04 bits per heavy atom. The Bertz CT molecular complexity index is 681. The van der Waals surface area contributed by atoms with E-state index in [1.54, 1.807) is 11.8 Å². The fourth-order valence-electron chi connectivity index (χ4n) is 2.06. The van der Waals surface area contributed by atoms with E-state index in [9.17, 15) is 4.79 Å². The van der Waals surface area contributed by atoms with E-state index in [1.807, 2.05) is 60.7 Å². The van der Waals surface area contributed by atoms with Crippen LogP contribution in [0, 0.1) is 0 Å². The number of thioether (sulfide) groups is 1. The van der Waals surface area contributed by atoms with Crippen molar-refractivity contribution in [1.29, 1.82) is 0 Å². The van der Waals surface area contributed by atoms with E-state index in [2.05, 4.69) is 5.32 Å². The molecule has 0 aliphatic carbocycles. The molecule has 1 aliphatic rings. The summed E-state index contributed by atoms with van der Waals surface area (Å²) in [6.07, 6.45) is 1.22. The second kappa shape index (κ2) is 8.25. The number of amides is 1. The first-order valence-electron chi connectivity index (χ1n) is 7.42. The molecule has 0 spiro atoms. The number of hydrogen-bond acceptors (Lipinski definition) is 3. The molecule has 5 heteroatoms. The topological polar surface area (TPSA) is 38.3 Å². The van der Waals surface area contributed by atoms with Crippen molar-refractivity contribution >= 4 is 38.3 Å². The van der Waals surface area contributed by atoms with Gasteiger partial charge in [0.25, 0.3) is 0 Å². The molecule has 1 heterocycles. The molecule has 2 aromatic rings. The number of rotatable bonds is 4. The van der Waals surface area contributed by atoms with Crippen molar-refractivity contribution in [2.75, 3.05) is 11.1 Å². The van der Waals surface area contributed by atoms with Crippen LogP contribution in [0.3, 0.4) is 0 Å². The summed E-state index contributed by atoms with van der Waals surface area (Å²) in [6, 6.07) is 19.0. The zero-order chi connectivity index (χ0) is 15.9. The van der Waals surface area contributed by atoms with Gasteiger partial charge in [0.2, 0.25) is 0 Å². The van der Waals surface area contributed by atoms with Crippen LogP contribution in [0.15, 0.2) is 70.2 Å². The molecule has 1 aliphatic heterocycles. The summed E-state index contributed by atoms with van der Waals surface area (Å²) in [6.45, 7) is 0. The van der Waals surface area contributed by atoms with Crippen LogP contribution in [0.25, 0.3) is 0 Å². The maximum absolute atomic E-state index is 12.7. The first kappa shape index (κ1) is 16.2. The summed E-state index contributed by atoms with van der Waals surface area (Å²) < 4.78 is 7.05. The predicted molar refractivity (Wildman–Crippen MR) is 96.8 cm³/mol. The van der Waals surface area contributed by atoms with Gasteiger partial charge >= 0.3 is 147 Å². The average Bonchev–Trinajstić information content (AvgIpc) is 2.62. The summed E-state index contributed by atoms with van der Waals surface area (Å²) in [4.78, 5) is 12.7. The normalized spacial score (nSPS) is 16.5. The Morgan fingerprint density at radius 3 is 2.39 bits per heavy atom. The van der Waals surface area contributed by atoms with Gasteiger partial charge < -0.3 is 0 Å². The van der Waals surface area contributed by atoms with E-state index in [-0.39, 0.29) is 5.91 Å². The molecule has 118 valence electrons. The standard InChI is InChI=1S/C18H17NO2SSe/c20-17(19-14-8-3-1-4-9-14)16(18-22-12-7-13-23-18)21-15-10-5-2-6-11-15/h1-6,8-11H,7,12-13H2,(H,19,20)/b18-16+. The van der Waals surface area contributed by atoms with E-state index in [0.717, 1.165) is 20.6 Å². The van der Waals surface area contributed by atoms with Gasteiger partial charge in [0.15, 0.2) is 0 Å². The molecule has 0 unspecified atom stereocenters. The van der Waals surface area contributed by atoms with Gasteiger partial charge in [-0.3, -0.25) is 0 Å². The van der Waals surface area contributed by atoms with E-state index in [0.29, 0.717) is 26.5 Å². The van der Waals surface area contributed by atoms with Gasteiger partial charge in [-0.15, -0.1) is 0 Å². The minimum absolute atomic E-state index is 0.175. The van der Waals surface area contributed by atoms with Crippen LogP contribution in [0.4, 0.5) is 5.69 Å². The second-order valence-electron chi connectivity index (χ2n) is 4.90. The molecule has 0 bridgehead atoms. The number of carbonyl (C=O) groups excluding carboxylic acids is 1. The van der Waals surface area contributed by atoms with E-state index >= 15 is 0 Å². The Hall–Kier alpha value is -1.68. The molecule has 23 heavy (non-hydrogen) atoms. The average molecular weight is 390 g/mol. The van der Waals surface area contributed by atoms with Gasteiger partial charge in [0, 0.05) is 0 Å². The third-order valence-electron chi connectivity index (χ3n) is 3.14. The van der Waals surface area contributed by atoms with Crippen LogP contribution >= 0.6 is 11.8 Å². The van der Waals surface area contributed by atoms with Crippen LogP contribution < -0.4 is 10.1 Å². The van der Waals surface area contributed by atoms with Crippen molar-refractivity contribution in [3.8, 4) is 5.75 Å². The number of benzene rings is 2. The zero-order valence-electron chi connectivity index (χ0n) is 12.5. The van der Waals surface area contributed by atoms with E-state index in [4.69, 9.17) is 4.74 Å². The molecular weight excluding hydrogens is 373 g/mol. The number of carbonyl (C=O) groups is 1. The van der Waals surface area contributed by atoms with Gasteiger partial charge in [0.1, 0.15) is 0 Å². The molecule has 1 amide bonds. The van der Waals surface area contributed by atoms with Crippen molar-refractivity contribution < 1.29 is 9.53 Å². The fraction of sp³-hybridized carbons (Fsp3) is 0.167. The third kappa shape index (κ3) is 4.64. The fourth-order valence-corrected chi connectivity index (χ4v) is 6.33. The van der Waals surface area contributed by atoms with Gasteiger partial charge in [-0.05, 0) is 0 Å². The quantitative estimate of drug-likeness (QED) is 0.485. The number of nitrogens with one attached hydrogen (secondary N) is 1. The maximum atomic E-state index is 12.7. The molecule has 1 fully saturated rings. The molecular formula is C18H17NO2SSe. The Kier molecular flexibility index (Phi) is 5.81. The molecule has 2 aromatic carbocycles. The van der Waals surface area contributed by atoms with E-state index < -0.39 is 0 Å². The van der Waals surface area contributed by atoms with Crippen molar-refractivity contribution in [3.05, 3.63) is 70.2 Å². The van der Waals surface area contributed by atoms with Crippen LogP contribution in [0.5, 0.6) is 5.75 Å². The predicted octanol–water partition coefficient (Wildman–Crippen LogP) is 4.13. The van der Waals surface area contributed by atoms with Gasteiger partial charge in [0.05, 0.1) is 0 Å². The molecule has 0 saturated carbocycles. The van der Waals surface area contributed by atoms with Crippen LogP contribution in [-0.4, -0.2) is 26.6 Å². The summed E-state index contributed by atoms with van der Waals surface area (Å²) >= 11 is 2.06. The molecule has 0 radical (unpaired) electrons. The summed E-state index contributed by atoms with van der Waals surface area (Å²) in [7, 11) is 0. The van der Waals surface area contributed by atoms with Gasteiger partial charge in [-0.1, -0.05) is 0 Å². The summed E-state index contributed by atoms with van der Waals surface area (Å²) in [5, 5.41) is 4.10. The SMILES string of the molecule is O=C(Nc1ccccc1)/C(Oc1ccccc1)=C1/SCCC[Se]1. The third-order valence-corrected chi connectivity index (χ3v) is 7.41. The molecule has 0 atom stereocenters. The Labute approximate surface area is 146 Å². The molecule has 1 N–H and O–H groups in total. The number of hydrogen-bond donors (Lipinski definition) is 1. The number of ether oxygens (including phenoxy) is 1. The van der Waals surface area contributed by atoms with Crippen molar-refractivity contribution in [2.45, 2.75) is 11.7 Å². The second-order valence-corrected chi connectivity index (χ2v) is 8.91. The van der Waals surface area contributed by atoms with Crippen molar-refractivity contribution in [1.82, 2.24) is 0 Å². The zero-order valence-corrected chi connectivity index (χ0v) is 15.1. The molecule has 3 nitrogen and oxygen atoms in total. The summed E-state index contributed by atoms with van der Waals surface area (Å²) in [5.41, 5.74) is 0.778. The molecule has 3 rings (SSSR count). The number of para-hydroxylation sites is 2. The van der Waals surface area contributed by atoms with Crippen molar-refractivity contribution in [3.63, 3.8) is 0 Å². The Morgan fingerprint density at radius 2 is 1.74 bits per heavy atom. The van der Waals surface area contributed by atoms with Crippen LogP contribution in [-0.2, 0) is 4.79 Å². The first-order valence-corrected chi connectivity index (χ1v) is 10.5. The minimum atomic E-state index is -0.175. The van der Waals surface area contributed by atoms with Gasteiger partial charge in [-0.25, -0.2) is 0 Å². The molecule has 1 saturated heterocycles. The summed E-state index contributed by atoms with van der Waals surface area (Å²) in [5.74, 6) is 2.02. The first-order chi connectivity index (χ1) is 11.3. The Balaban J connectivity index is 1.84. The van der Waals surface area contributed by atoms with Crippen LogP contribution in [0.2, 0.25) is 5.32 Å². The monoisotopic (exact) mass is 391 g/mol. The van der Waals surface area contributed by atoms with Crippen molar-refractivity contribution in [2.24, 2.45) is 0 Å². The number of anilines is 1. The molecule has 0 aromatic heterocycles. The van der Waals surface area contributed by atoms with E-state index in [1.165, 1.54) is 6.42 Å². The van der Waals surface area contributed by atoms with Gasteiger partial charge in [-0.2, -0.15) is 0 Å².